The van der Waals surface area contributed by atoms with E-state index in [1.54, 1.807) is 6.07 Å². The second-order valence-corrected chi connectivity index (χ2v) is 8.38. The summed E-state index contributed by atoms with van der Waals surface area (Å²) in [5, 5.41) is 20.9. The van der Waals surface area contributed by atoms with E-state index in [1.807, 2.05) is 12.1 Å². The number of nitro benzene ring substituents is 1. The molecule has 0 fully saturated rings. The molecule has 2 N–H and O–H groups in total. The summed E-state index contributed by atoms with van der Waals surface area (Å²) in [4.78, 5) is 26.8. The molecule has 0 radical (unpaired) electrons. The number of anilines is 1. The highest BCUT2D eigenvalue weighted by Gasteiger charge is 2.14. The lowest BCUT2D eigenvalue weighted by atomic mass is 9.87. The number of hydrogen-bond donors (Lipinski definition) is 2. The highest BCUT2D eigenvalue weighted by Crippen LogP contribution is 2.25. The number of aromatic nitrogens is 3. The Morgan fingerprint density at radius 3 is 2.59 bits per heavy atom. The summed E-state index contributed by atoms with van der Waals surface area (Å²) in [5.74, 6) is 0.423. The number of amides is 1. The number of non-ortho nitro benzene ring substituents is 1. The molecular formula is C20H21N5O3S. The Balaban J connectivity index is 1.58. The third kappa shape index (κ3) is 5.41. The lowest BCUT2D eigenvalue weighted by Gasteiger charge is -2.18. The number of thioether (sulfide) groups is 1. The van der Waals surface area contributed by atoms with Crippen molar-refractivity contribution in [3.63, 3.8) is 0 Å². The summed E-state index contributed by atoms with van der Waals surface area (Å²) >= 11 is 1.18. The van der Waals surface area contributed by atoms with Gasteiger partial charge in [-0.05, 0) is 17.0 Å². The molecule has 0 spiro atoms. The fourth-order valence-corrected chi connectivity index (χ4v) is 3.19. The fourth-order valence-electron chi connectivity index (χ4n) is 2.59. The van der Waals surface area contributed by atoms with Crippen molar-refractivity contribution in [3.05, 3.63) is 64.2 Å². The zero-order valence-electron chi connectivity index (χ0n) is 16.3. The molecule has 3 aromatic rings. The maximum atomic E-state index is 12.1. The highest BCUT2D eigenvalue weighted by atomic mass is 32.2. The van der Waals surface area contributed by atoms with Gasteiger partial charge >= 0.3 is 0 Å². The standard InChI is InChI=1S/C20H21N5O3S/c1-20(2,3)14-9-7-13(8-10-14)18-22-19(24-23-18)29-12-17(26)21-15-5-4-6-16(11-15)25(27)28/h4-11H,12H2,1-3H3,(H,21,26)(H,22,23,24). The summed E-state index contributed by atoms with van der Waals surface area (Å²) < 4.78 is 0. The molecule has 1 heterocycles. The molecule has 9 heteroatoms. The summed E-state index contributed by atoms with van der Waals surface area (Å²) in [7, 11) is 0. The Morgan fingerprint density at radius 1 is 1.21 bits per heavy atom. The van der Waals surface area contributed by atoms with E-state index in [0.717, 1.165) is 5.56 Å². The molecule has 2 aromatic carbocycles. The number of aromatic amines is 1. The van der Waals surface area contributed by atoms with Gasteiger partial charge in [0.2, 0.25) is 11.1 Å². The molecule has 0 aliphatic heterocycles. The molecule has 29 heavy (non-hydrogen) atoms. The summed E-state index contributed by atoms with van der Waals surface area (Å²) in [6, 6.07) is 13.9. The number of nitrogens with one attached hydrogen (secondary N) is 2. The van der Waals surface area contributed by atoms with Crippen LogP contribution < -0.4 is 5.32 Å². The second kappa shape index (κ2) is 8.44. The van der Waals surface area contributed by atoms with Crippen molar-refractivity contribution in [1.29, 1.82) is 0 Å². The van der Waals surface area contributed by atoms with Gasteiger partial charge in [0.25, 0.3) is 5.69 Å². The van der Waals surface area contributed by atoms with Crippen molar-refractivity contribution < 1.29 is 9.72 Å². The van der Waals surface area contributed by atoms with Crippen molar-refractivity contribution in [2.45, 2.75) is 31.3 Å². The summed E-state index contributed by atoms with van der Waals surface area (Å²) in [5.41, 5.74) is 2.52. The quantitative estimate of drug-likeness (QED) is 0.353. The minimum atomic E-state index is -0.506. The number of carbonyl (C=O) groups excluding carboxylic acids is 1. The molecule has 150 valence electrons. The monoisotopic (exact) mass is 411 g/mol. The van der Waals surface area contributed by atoms with Crippen LogP contribution in [0.1, 0.15) is 26.3 Å². The Hall–Kier alpha value is -3.20. The SMILES string of the molecule is CC(C)(C)c1ccc(-c2nc(SCC(=O)Nc3cccc([N+](=O)[O-])c3)n[nH]2)cc1. The first kappa shape index (κ1) is 20.5. The molecule has 0 bridgehead atoms. The summed E-state index contributed by atoms with van der Waals surface area (Å²) in [6.07, 6.45) is 0. The maximum absolute atomic E-state index is 12.1. The van der Waals surface area contributed by atoms with Crippen molar-refractivity contribution in [2.75, 3.05) is 11.1 Å². The van der Waals surface area contributed by atoms with E-state index in [2.05, 4.69) is 53.4 Å². The van der Waals surface area contributed by atoms with Gasteiger partial charge in [-0.1, -0.05) is 62.9 Å². The molecule has 0 unspecified atom stereocenters. The van der Waals surface area contributed by atoms with Crippen LogP contribution in [-0.4, -0.2) is 31.8 Å². The highest BCUT2D eigenvalue weighted by molar-refractivity contribution is 7.99. The van der Waals surface area contributed by atoms with Crippen molar-refractivity contribution in [2.24, 2.45) is 0 Å². The third-order valence-electron chi connectivity index (χ3n) is 4.16. The number of rotatable bonds is 6. The van der Waals surface area contributed by atoms with E-state index < -0.39 is 4.92 Å². The predicted molar refractivity (Wildman–Crippen MR) is 113 cm³/mol. The van der Waals surface area contributed by atoms with E-state index in [9.17, 15) is 14.9 Å². The first-order valence-corrected chi connectivity index (χ1v) is 9.91. The largest absolute Gasteiger partial charge is 0.325 e. The zero-order valence-corrected chi connectivity index (χ0v) is 17.1. The molecule has 1 aromatic heterocycles. The molecule has 8 nitrogen and oxygen atoms in total. The normalized spacial score (nSPS) is 11.3. The van der Waals surface area contributed by atoms with Crippen LogP contribution in [0.4, 0.5) is 11.4 Å². The Labute approximate surface area is 172 Å². The van der Waals surface area contributed by atoms with Crippen molar-refractivity contribution in [1.82, 2.24) is 15.2 Å². The fraction of sp³-hybridized carbons (Fsp3) is 0.250. The van der Waals surface area contributed by atoms with E-state index in [0.29, 0.717) is 16.7 Å². The van der Waals surface area contributed by atoms with Gasteiger partial charge in [-0.3, -0.25) is 20.0 Å². The predicted octanol–water partition coefficient (Wildman–Crippen LogP) is 4.41. The molecule has 1 amide bonds. The van der Waals surface area contributed by atoms with Crippen LogP contribution in [0.3, 0.4) is 0 Å². The summed E-state index contributed by atoms with van der Waals surface area (Å²) in [6.45, 7) is 6.47. The van der Waals surface area contributed by atoms with E-state index in [-0.39, 0.29) is 22.8 Å². The second-order valence-electron chi connectivity index (χ2n) is 7.44. The van der Waals surface area contributed by atoms with E-state index in [4.69, 9.17) is 0 Å². The van der Waals surface area contributed by atoms with Gasteiger partial charge < -0.3 is 5.32 Å². The number of carbonyl (C=O) groups is 1. The van der Waals surface area contributed by atoms with Crippen LogP contribution in [0.2, 0.25) is 0 Å². The van der Waals surface area contributed by atoms with Gasteiger partial charge in [-0.2, -0.15) is 0 Å². The smallest absolute Gasteiger partial charge is 0.271 e. The molecule has 0 atom stereocenters. The van der Waals surface area contributed by atoms with Gasteiger partial charge in [0.15, 0.2) is 5.82 Å². The number of nitro groups is 1. The lowest BCUT2D eigenvalue weighted by molar-refractivity contribution is -0.384. The average Bonchev–Trinajstić information content (AvgIpc) is 3.15. The Bertz CT molecular complexity index is 1030. The Kier molecular flexibility index (Phi) is 5.97. The van der Waals surface area contributed by atoms with Crippen LogP contribution in [0.15, 0.2) is 53.7 Å². The number of H-pyrrole nitrogens is 1. The van der Waals surface area contributed by atoms with Crippen LogP contribution in [-0.2, 0) is 10.2 Å². The molecule has 0 saturated heterocycles. The van der Waals surface area contributed by atoms with Gasteiger partial charge in [0.05, 0.1) is 10.7 Å². The van der Waals surface area contributed by atoms with E-state index >= 15 is 0 Å². The topological polar surface area (TPSA) is 114 Å². The van der Waals surface area contributed by atoms with Crippen LogP contribution in [0, 0.1) is 10.1 Å². The van der Waals surface area contributed by atoms with Crippen molar-refractivity contribution in [3.8, 4) is 11.4 Å². The molecule has 0 aliphatic rings. The number of nitrogens with zero attached hydrogens (tertiary/aromatic N) is 3. The van der Waals surface area contributed by atoms with Crippen molar-refractivity contribution >= 4 is 29.0 Å². The third-order valence-corrected chi connectivity index (χ3v) is 5.01. The number of hydrogen-bond acceptors (Lipinski definition) is 6. The molecular weight excluding hydrogens is 390 g/mol. The van der Waals surface area contributed by atoms with Gasteiger partial charge in [-0.25, -0.2) is 4.98 Å². The van der Waals surface area contributed by atoms with Gasteiger partial charge in [0.1, 0.15) is 0 Å². The zero-order chi connectivity index (χ0) is 21.0. The Morgan fingerprint density at radius 2 is 1.93 bits per heavy atom. The minimum absolute atomic E-state index is 0.0769. The van der Waals surface area contributed by atoms with Crippen LogP contribution in [0.5, 0.6) is 0 Å². The molecule has 0 aliphatic carbocycles. The van der Waals surface area contributed by atoms with Gasteiger partial charge in [0, 0.05) is 23.4 Å². The molecule has 0 saturated carbocycles. The average molecular weight is 411 g/mol. The molecule has 3 rings (SSSR count). The van der Waals surface area contributed by atoms with Crippen LogP contribution >= 0.6 is 11.8 Å². The van der Waals surface area contributed by atoms with Crippen LogP contribution in [0.25, 0.3) is 11.4 Å². The number of benzene rings is 2. The first-order chi connectivity index (χ1) is 13.7. The lowest BCUT2D eigenvalue weighted by Crippen LogP contribution is -2.14. The van der Waals surface area contributed by atoms with Gasteiger partial charge in [-0.15, -0.1) is 5.10 Å². The minimum Gasteiger partial charge on any atom is -0.325 e. The maximum Gasteiger partial charge on any atom is 0.271 e. The first-order valence-electron chi connectivity index (χ1n) is 8.93. The van der Waals surface area contributed by atoms with E-state index in [1.165, 1.54) is 35.5 Å².